The zero-order chi connectivity index (χ0) is 44.0. The summed E-state index contributed by atoms with van der Waals surface area (Å²) < 4.78 is 141. The van der Waals surface area contributed by atoms with Crippen molar-refractivity contribution in [2.24, 2.45) is 0 Å². The van der Waals surface area contributed by atoms with Crippen LogP contribution >= 0.6 is 0 Å². The molecule has 0 saturated heterocycles. The molecule has 348 valence electrons. The summed E-state index contributed by atoms with van der Waals surface area (Å²) in [6.07, 6.45) is 0.291. The smallest absolute Gasteiger partial charge is 0.313 e. The molecule has 0 atom stereocenters. The second kappa shape index (κ2) is 37.1. The van der Waals surface area contributed by atoms with E-state index in [2.05, 4.69) is 4.74 Å². The predicted octanol–water partition coefficient (Wildman–Crippen LogP) is 3.77. The van der Waals surface area contributed by atoms with Crippen LogP contribution in [0.25, 0.3) is 0 Å². The number of carbonyl (C=O) groups excluding carboxylic acids is 2. The van der Waals surface area contributed by atoms with Gasteiger partial charge in [0, 0.05) is 5.56 Å². The van der Waals surface area contributed by atoms with Crippen molar-refractivity contribution in [2.75, 3.05) is 165 Å². The summed E-state index contributed by atoms with van der Waals surface area (Å²) in [5.41, 5.74) is 0.601. The first kappa shape index (κ1) is 53.7. The highest BCUT2D eigenvalue weighted by atomic mass is 19.2. The van der Waals surface area contributed by atoms with Gasteiger partial charge in [-0.1, -0.05) is 0 Å². The molecule has 0 radical (unpaired) electrons. The molecule has 0 aliphatic rings. The van der Waals surface area contributed by atoms with Crippen LogP contribution in [0.1, 0.15) is 16.8 Å². The van der Waals surface area contributed by atoms with Gasteiger partial charge >= 0.3 is 5.97 Å². The fourth-order valence-electron chi connectivity index (χ4n) is 4.38. The first-order valence-electron chi connectivity index (χ1n) is 19.7. The third kappa shape index (κ3) is 27.3. The Kier molecular flexibility index (Phi) is 32.7. The third-order valence-electron chi connectivity index (χ3n) is 7.44. The van der Waals surface area contributed by atoms with Crippen LogP contribution in [0.5, 0.6) is 11.5 Å². The van der Waals surface area contributed by atoms with Gasteiger partial charge in [-0.15, -0.1) is 0 Å². The molecule has 2 aromatic carbocycles. The highest BCUT2D eigenvalue weighted by Gasteiger charge is 2.28. The van der Waals surface area contributed by atoms with Crippen LogP contribution in [0.2, 0.25) is 0 Å². The Morgan fingerprint density at radius 2 is 0.639 bits per heavy atom. The third-order valence-corrected chi connectivity index (χ3v) is 7.44. The van der Waals surface area contributed by atoms with Gasteiger partial charge in [-0.3, -0.25) is 9.59 Å². The quantitative estimate of drug-likeness (QED) is 0.0180. The summed E-state index contributed by atoms with van der Waals surface area (Å²) in [7, 11) is 0. The van der Waals surface area contributed by atoms with E-state index in [4.69, 9.17) is 61.6 Å². The molecular formula is C40H57F5O16. The van der Waals surface area contributed by atoms with E-state index in [1.54, 1.807) is 24.3 Å². The molecule has 21 heteroatoms. The van der Waals surface area contributed by atoms with Crippen molar-refractivity contribution in [2.45, 2.75) is 6.42 Å². The molecule has 2 rings (SSSR count). The second-order valence-electron chi connectivity index (χ2n) is 12.0. The number of aldehydes is 1. The fraction of sp³-hybridized carbons (Fsp3) is 0.650. The van der Waals surface area contributed by atoms with Gasteiger partial charge in [0.05, 0.1) is 165 Å². The second-order valence-corrected chi connectivity index (χ2v) is 12.0. The monoisotopic (exact) mass is 888 g/mol. The van der Waals surface area contributed by atoms with Gasteiger partial charge in [-0.2, -0.15) is 8.78 Å². The molecule has 16 nitrogen and oxygen atoms in total. The molecule has 0 bridgehead atoms. The maximum atomic E-state index is 13.6. The van der Waals surface area contributed by atoms with Crippen LogP contribution in [0, 0.1) is 29.1 Å². The molecule has 0 amide bonds. The highest BCUT2D eigenvalue weighted by Crippen LogP contribution is 2.29. The standard InChI is InChI=1S/C40H57F5O16/c41-35-36(42)38(44)40(39(45)37(35)43)61-34(47)5-6-48-7-8-49-9-10-50-11-12-51-13-14-52-15-16-53-17-18-54-19-20-55-21-22-56-23-24-57-25-26-58-27-28-59-29-30-60-33-3-1-32(31-46)2-4-33/h1-4,31H,5-30H2. The first-order chi connectivity index (χ1) is 29.8. The lowest BCUT2D eigenvalue weighted by atomic mass is 10.2. The van der Waals surface area contributed by atoms with Crippen LogP contribution in [-0.2, 0) is 61.6 Å². The van der Waals surface area contributed by atoms with Crippen molar-refractivity contribution in [3.63, 3.8) is 0 Å². The topological polar surface area (TPSA) is 163 Å². The lowest BCUT2D eigenvalue weighted by Gasteiger charge is -2.09. The Morgan fingerprint density at radius 3 is 0.934 bits per heavy atom. The minimum Gasteiger partial charge on any atom is -0.491 e. The van der Waals surface area contributed by atoms with E-state index in [0.717, 1.165) is 6.29 Å². The summed E-state index contributed by atoms with van der Waals surface area (Å²) in [6.45, 7) is 9.19. The average Bonchev–Trinajstić information content (AvgIpc) is 3.27. The zero-order valence-corrected chi connectivity index (χ0v) is 34.2. The molecule has 0 aromatic heterocycles. The zero-order valence-electron chi connectivity index (χ0n) is 34.2. The molecule has 0 heterocycles. The van der Waals surface area contributed by atoms with Crippen LogP contribution in [0.4, 0.5) is 22.0 Å². The van der Waals surface area contributed by atoms with E-state index >= 15 is 0 Å². The molecule has 0 aliphatic carbocycles. The van der Waals surface area contributed by atoms with Gasteiger partial charge in [0.2, 0.25) is 34.8 Å². The summed E-state index contributed by atoms with van der Waals surface area (Å²) >= 11 is 0. The van der Waals surface area contributed by atoms with E-state index in [0.29, 0.717) is 150 Å². The van der Waals surface area contributed by atoms with Crippen molar-refractivity contribution in [3.05, 3.63) is 58.9 Å². The highest BCUT2D eigenvalue weighted by molar-refractivity contribution is 5.74. The van der Waals surface area contributed by atoms with E-state index in [-0.39, 0.29) is 26.4 Å². The average molecular weight is 889 g/mol. The molecule has 2 aromatic rings. The van der Waals surface area contributed by atoms with Crippen LogP contribution < -0.4 is 9.47 Å². The first-order valence-corrected chi connectivity index (χ1v) is 19.7. The van der Waals surface area contributed by atoms with Gasteiger partial charge in [0.1, 0.15) is 18.6 Å². The van der Waals surface area contributed by atoms with Crippen molar-refractivity contribution < 1.29 is 97.9 Å². The number of carbonyl (C=O) groups is 2. The van der Waals surface area contributed by atoms with Crippen LogP contribution in [0.15, 0.2) is 24.3 Å². The number of hydrogen-bond donors (Lipinski definition) is 0. The van der Waals surface area contributed by atoms with Crippen molar-refractivity contribution in [1.82, 2.24) is 0 Å². The molecule has 0 saturated carbocycles. The molecule has 0 N–H and O–H groups in total. The van der Waals surface area contributed by atoms with E-state index in [1.165, 1.54) is 0 Å². The maximum absolute atomic E-state index is 13.6. The van der Waals surface area contributed by atoms with Crippen molar-refractivity contribution in [3.8, 4) is 11.5 Å². The normalized spacial score (nSPS) is 11.4. The summed E-state index contributed by atoms with van der Waals surface area (Å²) in [4.78, 5) is 22.3. The van der Waals surface area contributed by atoms with E-state index in [1.807, 2.05) is 0 Å². The van der Waals surface area contributed by atoms with Crippen molar-refractivity contribution in [1.29, 1.82) is 0 Å². The molecule has 61 heavy (non-hydrogen) atoms. The molecule has 0 unspecified atom stereocenters. The van der Waals surface area contributed by atoms with Gasteiger partial charge in [0.25, 0.3) is 0 Å². The van der Waals surface area contributed by atoms with Crippen molar-refractivity contribution >= 4 is 12.3 Å². The van der Waals surface area contributed by atoms with Gasteiger partial charge in [0.15, 0.2) is 0 Å². The van der Waals surface area contributed by atoms with Gasteiger partial charge in [-0.25, -0.2) is 13.2 Å². The maximum Gasteiger partial charge on any atom is 0.313 e. The Morgan fingerprint density at radius 1 is 0.377 bits per heavy atom. The SMILES string of the molecule is O=Cc1ccc(OCCOCCOCCOCCOCCOCCOCCOCCOCCOCCOCCOCCOCCC(=O)Oc2c(F)c(F)c(F)c(F)c2F)cc1. The van der Waals surface area contributed by atoms with Gasteiger partial charge < -0.3 is 66.3 Å². The van der Waals surface area contributed by atoms with Gasteiger partial charge in [-0.05, 0) is 24.3 Å². The molecule has 0 spiro atoms. The Balaban J connectivity index is 1.18. The molecular weight excluding hydrogens is 831 g/mol. The summed E-state index contributed by atoms with van der Waals surface area (Å²) in [5, 5.41) is 0. The Bertz CT molecular complexity index is 1380. The van der Waals surface area contributed by atoms with Crippen LogP contribution in [0.3, 0.4) is 0 Å². The number of ether oxygens (including phenoxy) is 14. The molecule has 0 fully saturated rings. The lowest BCUT2D eigenvalue weighted by molar-refractivity contribution is -0.136. The summed E-state index contributed by atoms with van der Waals surface area (Å²) in [5.74, 6) is -13.5. The fourth-order valence-corrected chi connectivity index (χ4v) is 4.38. The lowest BCUT2D eigenvalue weighted by Crippen LogP contribution is -2.16. The minimum atomic E-state index is -2.35. The minimum absolute atomic E-state index is 0.0736. The number of halogens is 5. The Hall–Kier alpha value is -3.45. The number of benzene rings is 2. The number of esters is 1. The summed E-state index contributed by atoms with van der Waals surface area (Å²) in [6, 6.07) is 6.87. The predicted molar refractivity (Wildman–Crippen MR) is 204 cm³/mol. The van der Waals surface area contributed by atoms with E-state index in [9.17, 15) is 31.5 Å². The number of hydrogen-bond acceptors (Lipinski definition) is 16. The largest absolute Gasteiger partial charge is 0.491 e. The number of rotatable bonds is 42. The molecule has 0 aliphatic heterocycles. The van der Waals surface area contributed by atoms with E-state index < -0.39 is 47.2 Å². The Labute approximate surface area is 351 Å². The van der Waals surface area contributed by atoms with Crippen LogP contribution in [-0.4, -0.2) is 177 Å².